The third-order valence-corrected chi connectivity index (χ3v) is 10.3. The predicted octanol–water partition coefficient (Wildman–Crippen LogP) is 3.51. The number of nitrogens with zero attached hydrogens (tertiary/aromatic N) is 3. The molecule has 42 heavy (non-hydrogen) atoms. The zero-order valence-corrected chi connectivity index (χ0v) is 25.4. The maximum absolute atomic E-state index is 10.7. The molecule has 0 aliphatic rings. The smallest absolute Gasteiger partial charge is 0.485 e. The van der Waals surface area contributed by atoms with Crippen LogP contribution in [0, 0.1) is 14.9 Å². The molecule has 3 aromatic rings. The molecular formula is C22H22F6IN3O8S2. The number of pyridine rings is 2. The van der Waals surface area contributed by atoms with Gasteiger partial charge in [-0.25, -0.2) is 16.8 Å². The third-order valence-electron chi connectivity index (χ3n) is 3.81. The van der Waals surface area contributed by atoms with Gasteiger partial charge >= 0.3 is 155 Å². The van der Waals surface area contributed by atoms with Crippen LogP contribution < -0.4 is 15.0 Å². The Morgan fingerprint density at radius 1 is 0.714 bits per heavy atom. The summed E-state index contributed by atoms with van der Waals surface area (Å²) in [6.45, 7) is 1.43. The minimum absolute atomic E-state index is 0.847. The quantitative estimate of drug-likeness (QED) is 0.164. The van der Waals surface area contributed by atoms with Gasteiger partial charge in [-0.3, -0.25) is 0 Å². The standard InChI is InChI=1S/C18H19IN2O2.C2H3N.2CHF3O3S/c1-22-17-12-6-8-14-20(17)19(16-10-4-3-5-11-16)21-15-9-7-13-18(21)23-2;1-2-3;2*2-1(3,4)8(5,6)7/h3-15H,1-2H3;1H3;2*(H,5,6,7)/q+2;;;/p-2. The molecule has 3 rings (SSSR count). The summed E-state index contributed by atoms with van der Waals surface area (Å²) >= 11 is -2.06. The molecule has 0 atom stereocenters. The molecule has 0 saturated carbocycles. The summed E-state index contributed by atoms with van der Waals surface area (Å²) in [5.74, 6) is 1.69. The summed E-state index contributed by atoms with van der Waals surface area (Å²) in [6.07, 6.45) is 4.16. The number of hydrogen-bond acceptors (Lipinski definition) is 9. The van der Waals surface area contributed by atoms with Crippen molar-refractivity contribution in [2.24, 2.45) is 0 Å². The Morgan fingerprint density at radius 3 is 1.26 bits per heavy atom. The first-order chi connectivity index (χ1) is 19.3. The van der Waals surface area contributed by atoms with Crippen LogP contribution in [0.25, 0.3) is 0 Å². The minimum Gasteiger partial charge on any atom is -0.741 e. The van der Waals surface area contributed by atoms with Crippen LogP contribution in [-0.4, -0.2) is 51.2 Å². The van der Waals surface area contributed by atoms with Gasteiger partial charge in [-0.2, -0.15) is 31.6 Å². The topological polar surface area (TPSA) is 164 Å². The molecule has 0 bridgehead atoms. The molecule has 11 nitrogen and oxygen atoms in total. The molecule has 0 spiro atoms. The molecule has 2 aromatic heterocycles. The Hall–Kier alpha value is -3.26. The second kappa shape index (κ2) is 17.0. The zero-order valence-electron chi connectivity index (χ0n) is 21.6. The van der Waals surface area contributed by atoms with Crippen molar-refractivity contribution in [2.45, 2.75) is 17.9 Å². The van der Waals surface area contributed by atoms with Crippen LogP contribution >= 0.6 is 20.4 Å². The van der Waals surface area contributed by atoms with Crippen molar-refractivity contribution in [1.29, 1.82) is 5.26 Å². The molecular weight excluding hydrogens is 739 g/mol. The second-order valence-corrected chi connectivity index (χ2v) is 14.1. The summed E-state index contributed by atoms with van der Waals surface area (Å²) in [5.41, 5.74) is -11.3. The average molecular weight is 761 g/mol. The molecule has 20 heteroatoms. The van der Waals surface area contributed by atoms with E-state index in [2.05, 4.69) is 42.2 Å². The van der Waals surface area contributed by atoms with Crippen LogP contribution in [0.2, 0.25) is 0 Å². The van der Waals surface area contributed by atoms with Gasteiger partial charge in [0.05, 0.1) is 6.07 Å². The van der Waals surface area contributed by atoms with Crippen LogP contribution in [0.4, 0.5) is 26.3 Å². The number of methoxy groups -OCH3 is 2. The van der Waals surface area contributed by atoms with E-state index in [4.69, 9.17) is 40.7 Å². The molecule has 2 heterocycles. The van der Waals surface area contributed by atoms with Gasteiger partial charge in [-0.1, -0.05) is 0 Å². The maximum Gasteiger partial charge on any atom is 0.485 e. The Kier molecular flexibility index (Phi) is 15.7. The number of alkyl halides is 6. The molecule has 0 radical (unpaired) electrons. The van der Waals surface area contributed by atoms with Crippen molar-refractivity contribution in [2.75, 3.05) is 14.2 Å². The van der Waals surface area contributed by atoms with Gasteiger partial charge in [-0.15, -0.1) is 0 Å². The van der Waals surface area contributed by atoms with Gasteiger partial charge in [0.1, 0.15) is 0 Å². The first-order valence-corrected chi connectivity index (χ1v) is 16.3. The summed E-state index contributed by atoms with van der Waals surface area (Å²) in [4.78, 5) is 0. The SMILES string of the molecule is CC#N.COc1cccc[n+]1I(c1ccccc1)[n+]1ccccc1OC.O=S(=O)([O-])C(F)(F)F.O=S(=O)([O-])C(F)(F)F. The summed E-state index contributed by atoms with van der Waals surface area (Å²) < 4.78 is 135. The van der Waals surface area contributed by atoms with E-state index in [0.29, 0.717) is 0 Å². The number of halogens is 7. The Balaban J connectivity index is 0.000000729. The van der Waals surface area contributed by atoms with Crippen molar-refractivity contribution in [3.05, 3.63) is 82.7 Å². The average Bonchev–Trinajstić information content (AvgIpc) is 2.89. The van der Waals surface area contributed by atoms with Crippen LogP contribution in [0.15, 0.2) is 79.1 Å². The Morgan fingerprint density at radius 2 is 1.00 bits per heavy atom. The van der Waals surface area contributed by atoms with Crippen molar-refractivity contribution in [3.63, 3.8) is 0 Å². The fourth-order valence-electron chi connectivity index (χ4n) is 2.22. The fourth-order valence-corrected chi connectivity index (χ4v) is 7.57. The molecule has 0 unspecified atom stereocenters. The van der Waals surface area contributed by atoms with Crippen molar-refractivity contribution < 1.29 is 67.3 Å². The Labute approximate surface area is 245 Å². The van der Waals surface area contributed by atoms with Gasteiger partial charge in [0, 0.05) is 6.92 Å². The number of hydrogen-bond donors (Lipinski definition) is 0. The number of benzene rings is 1. The van der Waals surface area contributed by atoms with Crippen molar-refractivity contribution >= 4 is 40.6 Å². The van der Waals surface area contributed by atoms with Gasteiger partial charge in [0.2, 0.25) is 0 Å². The van der Waals surface area contributed by atoms with E-state index in [1.54, 1.807) is 20.3 Å². The van der Waals surface area contributed by atoms with E-state index >= 15 is 0 Å². The molecule has 0 saturated heterocycles. The normalized spacial score (nSPS) is 11.5. The minimum atomic E-state index is -6.09. The molecule has 0 fully saturated rings. The number of ether oxygens (including phenoxy) is 2. The summed E-state index contributed by atoms with van der Waals surface area (Å²) in [5, 5.41) is 7.32. The van der Waals surface area contributed by atoms with Crippen LogP contribution in [0.5, 0.6) is 11.8 Å². The van der Waals surface area contributed by atoms with Gasteiger partial charge in [0.15, 0.2) is 20.2 Å². The molecule has 0 N–H and O–H groups in total. The number of nitriles is 1. The van der Waals surface area contributed by atoms with Gasteiger partial charge in [-0.05, 0) is 0 Å². The number of aromatic nitrogens is 2. The van der Waals surface area contributed by atoms with Crippen LogP contribution in [0.3, 0.4) is 0 Å². The van der Waals surface area contributed by atoms with E-state index in [-0.39, 0.29) is 0 Å². The van der Waals surface area contributed by atoms with Crippen LogP contribution in [-0.2, 0) is 20.2 Å². The van der Waals surface area contributed by atoms with Crippen molar-refractivity contribution in [1.82, 2.24) is 0 Å². The number of rotatable bonds is 5. The summed E-state index contributed by atoms with van der Waals surface area (Å²) in [7, 11) is -8.77. The fraction of sp³-hybridized carbons (Fsp3) is 0.227. The second-order valence-electron chi connectivity index (χ2n) is 6.67. The van der Waals surface area contributed by atoms with E-state index in [1.165, 1.54) is 10.5 Å². The first kappa shape index (κ1) is 38.7. The van der Waals surface area contributed by atoms with Crippen LogP contribution in [0.1, 0.15) is 6.92 Å². The monoisotopic (exact) mass is 761 g/mol. The summed E-state index contributed by atoms with van der Waals surface area (Å²) in [6, 6.07) is 24.3. The molecule has 1 aromatic carbocycles. The van der Waals surface area contributed by atoms with E-state index in [0.717, 1.165) is 11.8 Å². The van der Waals surface area contributed by atoms with Gasteiger partial charge in [0.25, 0.3) is 0 Å². The maximum atomic E-state index is 10.7. The van der Waals surface area contributed by atoms with E-state index < -0.39 is 51.6 Å². The molecule has 0 aliphatic heterocycles. The molecule has 0 amide bonds. The zero-order chi connectivity index (χ0) is 32.8. The predicted molar refractivity (Wildman–Crippen MR) is 139 cm³/mol. The van der Waals surface area contributed by atoms with E-state index in [9.17, 15) is 26.3 Å². The molecule has 0 aliphatic carbocycles. The molecule has 234 valence electrons. The largest absolute Gasteiger partial charge is 0.741 e. The first-order valence-electron chi connectivity index (χ1n) is 10.5. The third kappa shape index (κ3) is 12.7. The van der Waals surface area contributed by atoms with Gasteiger partial charge < -0.3 is 9.11 Å². The van der Waals surface area contributed by atoms with E-state index in [1.807, 2.05) is 42.5 Å². The van der Waals surface area contributed by atoms with Crippen molar-refractivity contribution in [3.8, 4) is 17.8 Å². The Bertz CT molecular complexity index is 1430.